The van der Waals surface area contributed by atoms with Gasteiger partial charge in [0.15, 0.2) is 0 Å². The first-order valence-corrected chi connectivity index (χ1v) is 21.5. The summed E-state index contributed by atoms with van der Waals surface area (Å²) >= 11 is 24.2. The number of ether oxygens (including phenoxy) is 2. The Labute approximate surface area is 397 Å². The summed E-state index contributed by atoms with van der Waals surface area (Å²) in [5.74, 6) is 2.33. The van der Waals surface area contributed by atoms with Gasteiger partial charge in [-0.1, -0.05) is 94.9 Å². The second kappa shape index (κ2) is 22.4. The number of aliphatic imine (C=N–C) groups is 1. The zero-order valence-corrected chi connectivity index (χ0v) is 39.1. The number of amides is 2. The minimum Gasteiger partial charge on any atom is -0.495 e. The first-order valence-electron chi connectivity index (χ1n) is 20.0. The van der Waals surface area contributed by atoms with Crippen LogP contribution in [-0.2, 0) is 13.1 Å². The van der Waals surface area contributed by atoms with Crippen LogP contribution in [0.4, 0.5) is 23.0 Å². The van der Waals surface area contributed by atoms with Gasteiger partial charge < -0.3 is 40.5 Å². The molecule has 2 aromatic heterocycles. The number of nitrogens with zero attached hydrogens (tertiary/aromatic N) is 5. The molecule has 0 saturated carbocycles. The number of amidine groups is 2. The fourth-order valence-corrected chi connectivity index (χ4v) is 7.15. The van der Waals surface area contributed by atoms with E-state index in [2.05, 4.69) is 53.3 Å². The molecular weight excluding hydrogens is 910 g/mol. The van der Waals surface area contributed by atoms with Gasteiger partial charge in [-0.05, 0) is 47.5 Å². The molecule has 0 bridgehead atoms. The number of likely N-dealkylation sites (N-methyl/N-ethyl adjacent to an activating group) is 1. The van der Waals surface area contributed by atoms with Gasteiger partial charge in [0.05, 0.1) is 53.3 Å². The highest BCUT2D eigenvalue weighted by Gasteiger charge is 2.21. The lowest BCUT2D eigenvalue weighted by Gasteiger charge is -2.17. The zero-order valence-electron chi connectivity index (χ0n) is 36.1. The molecule has 1 aliphatic heterocycles. The predicted molar refractivity (Wildman–Crippen MR) is 262 cm³/mol. The van der Waals surface area contributed by atoms with Crippen LogP contribution in [-0.4, -0.2) is 91.7 Å². The Balaban J connectivity index is 0.000000216. The van der Waals surface area contributed by atoms with Crippen LogP contribution in [0, 0.1) is 5.41 Å². The van der Waals surface area contributed by atoms with Gasteiger partial charge in [0.2, 0.25) is 0 Å². The number of carbonyl (C=O) groups is 2. The van der Waals surface area contributed by atoms with Crippen LogP contribution in [0.5, 0.6) is 11.5 Å². The summed E-state index contributed by atoms with van der Waals surface area (Å²) in [6.07, 6.45) is 2.92. The molecule has 0 aliphatic carbocycles. The normalized spacial score (nSPS) is 11.7. The van der Waals surface area contributed by atoms with Crippen molar-refractivity contribution in [3.05, 3.63) is 163 Å². The second-order valence-corrected chi connectivity index (χ2v) is 16.4. The number of anilines is 4. The van der Waals surface area contributed by atoms with E-state index in [1.807, 2.05) is 57.5 Å². The van der Waals surface area contributed by atoms with Crippen LogP contribution in [0.1, 0.15) is 43.0 Å². The smallest absolute Gasteiger partial charge is 0.259 e. The van der Waals surface area contributed by atoms with Crippen molar-refractivity contribution in [3.8, 4) is 11.5 Å². The lowest BCUT2D eigenvalue weighted by atomic mass is 10.1. The predicted octanol–water partition coefficient (Wildman–Crippen LogP) is 10.1. The highest BCUT2D eigenvalue weighted by Crippen LogP contribution is 2.35. The van der Waals surface area contributed by atoms with Crippen LogP contribution in [0.15, 0.2) is 114 Å². The van der Waals surface area contributed by atoms with Gasteiger partial charge in [-0.2, -0.15) is 0 Å². The molecule has 2 amide bonds. The molecule has 0 radical (unpaired) electrons. The van der Waals surface area contributed by atoms with Crippen LogP contribution in [0.3, 0.4) is 0 Å². The second-order valence-electron chi connectivity index (χ2n) is 14.7. The number of rotatable bonds is 14. The van der Waals surface area contributed by atoms with Crippen molar-refractivity contribution < 1.29 is 19.1 Å². The van der Waals surface area contributed by atoms with E-state index in [9.17, 15) is 9.59 Å². The number of hydrogen-bond acceptors (Lipinski definition) is 11. The van der Waals surface area contributed by atoms with Gasteiger partial charge in [-0.3, -0.25) is 20.0 Å². The summed E-state index contributed by atoms with van der Waals surface area (Å²) in [7, 11) is 8.75. The van der Waals surface area contributed by atoms with Gasteiger partial charge in [0.1, 0.15) is 34.8 Å². The molecule has 0 saturated heterocycles. The maximum absolute atomic E-state index is 13.0. The van der Waals surface area contributed by atoms with Crippen LogP contribution >= 0.6 is 46.4 Å². The Morgan fingerprint density at radius 3 is 1.52 bits per heavy atom. The largest absolute Gasteiger partial charge is 0.495 e. The first kappa shape index (κ1) is 47.9. The quantitative estimate of drug-likeness (QED) is 0.0523. The summed E-state index contributed by atoms with van der Waals surface area (Å²) < 4.78 is 10.9. The van der Waals surface area contributed by atoms with Crippen molar-refractivity contribution in [2.45, 2.75) is 13.1 Å². The van der Waals surface area contributed by atoms with Crippen molar-refractivity contribution >= 4 is 92.9 Å². The third-order valence-electron chi connectivity index (χ3n) is 9.88. The summed E-state index contributed by atoms with van der Waals surface area (Å²) in [5, 5.41) is 21.9. The van der Waals surface area contributed by atoms with Gasteiger partial charge in [0.25, 0.3) is 11.8 Å². The van der Waals surface area contributed by atoms with E-state index >= 15 is 0 Å². The van der Waals surface area contributed by atoms with E-state index < -0.39 is 5.91 Å². The lowest BCUT2D eigenvalue weighted by molar-refractivity contribution is 0.101. The molecule has 4 aromatic carbocycles. The van der Waals surface area contributed by atoms with Crippen molar-refractivity contribution in [1.29, 1.82) is 5.41 Å². The van der Waals surface area contributed by atoms with Crippen LogP contribution in [0.2, 0.25) is 20.1 Å². The number of aromatic nitrogens is 2. The average Bonchev–Trinajstić information content (AvgIpc) is 3.74. The summed E-state index contributed by atoms with van der Waals surface area (Å²) in [6.45, 7) is 2.68. The topological polar surface area (TPSA) is 169 Å². The van der Waals surface area contributed by atoms with Gasteiger partial charge in [-0.15, -0.1) is 0 Å². The van der Waals surface area contributed by atoms with E-state index in [1.54, 1.807) is 53.4 Å². The Hall–Kier alpha value is -6.58. The molecule has 0 spiro atoms. The van der Waals surface area contributed by atoms with Crippen molar-refractivity contribution in [1.82, 2.24) is 19.8 Å². The lowest BCUT2D eigenvalue weighted by Crippen LogP contribution is -2.23. The molecule has 336 valence electrons. The van der Waals surface area contributed by atoms with E-state index in [-0.39, 0.29) is 5.91 Å². The third-order valence-corrected chi connectivity index (χ3v) is 10.8. The number of hydrogen-bond donors (Lipinski definition) is 5. The fraction of sp³-hybridized carbons (Fsp3) is 0.191. The number of benzene rings is 4. The third kappa shape index (κ3) is 12.8. The molecule has 65 heavy (non-hydrogen) atoms. The zero-order chi connectivity index (χ0) is 46.6. The highest BCUT2D eigenvalue weighted by atomic mass is 35.5. The Morgan fingerprint density at radius 2 is 1.14 bits per heavy atom. The maximum atomic E-state index is 13.0. The summed E-state index contributed by atoms with van der Waals surface area (Å²) in [6, 6.07) is 28.8. The standard InChI is InChI=1S/C24H23Cl2N5O2.C23H23Cl2N5O2/c1-31-10-9-27-23(31)16-5-3-15(4-6-16)13-29-22-19(11-18(26)12-20(22)33-2)24(32)30-21-8-7-17(25)14-28-21;1-30(2)22(26)15-6-4-14(5-7-15)12-28-21-18(10-17(25)11-19(21)32-3)23(31)29-20-9-8-16(24)13-27-20/h3-8,11-12,14,29H,9-10,13H2,1-2H3,(H,28,30,32);4-11,13,26,28H,12H2,1-3H3,(H,27,29,31). The highest BCUT2D eigenvalue weighted by molar-refractivity contribution is 6.32. The number of halogens is 4. The first-order chi connectivity index (χ1) is 31.2. The maximum Gasteiger partial charge on any atom is 0.259 e. The Morgan fingerprint density at radius 1 is 0.677 bits per heavy atom. The van der Waals surface area contributed by atoms with Crippen molar-refractivity contribution in [2.24, 2.45) is 4.99 Å². The van der Waals surface area contributed by atoms with Crippen LogP contribution < -0.4 is 30.7 Å². The van der Waals surface area contributed by atoms with Crippen LogP contribution in [0.25, 0.3) is 0 Å². The Kier molecular flexibility index (Phi) is 16.5. The molecule has 3 heterocycles. The molecule has 0 fully saturated rings. The summed E-state index contributed by atoms with van der Waals surface area (Å²) in [4.78, 5) is 42.6. The molecule has 7 rings (SSSR count). The monoisotopic (exact) mass is 954 g/mol. The number of pyridine rings is 2. The van der Waals surface area contributed by atoms with Crippen molar-refractivity contribution in [3.63, 3.8) is 0 Å². The SMILES string of the molecule is COc1cc(Cl)cc(C(=O)Nc2ccc(Cl)cn2)c1NCc1ccc(C(=N)N(C)C)cc1.COc1cc(Cl)cc(C(=O)Nc2ccc(Cl)cn2)c1NCc1ccc(C2=NCCN2C)cc1. The van der Waals surface area contributed by atoms with E-state index in [0.717, 1.165) is 41.2 Å². The molecule has 0 unspecified atom stereocenters. The molecule has 0 atom stereocenters. The molecule has 6 aromatic rings. The minimum absolute atomic E-state index is 0.317. The summed E-state index contributed by atoms with van der Waals surface area (Å²) in [5.41, 5.74) is 5.63. The number of methoxy groups -OCH3 is 2. The van der Waals surface area contributed by atoms with Crippen molar-refractivity contribution in [2.75, 3.05) is 69.7 Å². The van der Waals surface area contributed by atoms with Gasteiger partial charge >= 0.3 is 0 Å². The molecule has 18 heteroatoms. The van der Waals surface area contributed by atoms with Gasteiger partial charge in [-0.25, -0.2) is 9.97 Å². The van der Waals surface area contributed by atoms with Gasteiger partial charge in [0, 0.05) is 86.5 Å². The minimum atomic E-state index is -0.391. The molecule has 1 aliphatic rings. The van der Waals surface area contributed by atoms with E-state index in [4.69, 9.17) is 61.3 Å². The Bertz CT molecular complexity index is 2670. The number of carbonyl (C=O) groups excluding carboxylic acids is 2. The fourth-order valence-electron chi connectivity index (χ4n) is 6.51. The molecular formula is C47H46Cl4N10O4. The number of nitrogens with one attached hydrogen (secondary N) is 5. The molecule has 5 N–H and O–H groups in total. The van der Waals surface area contributed by atoms with E-state index in [0.29, 0.717) is 84.7 Å². The van der Waals surface area contributed by atoms with E-state index in [1.165, 1.54) is 26.6 Å². The molecule has 14 nitrogen and oxygen atoms in total. The average molecular weight is 957 g/mol.